The van der Waals surface area contributed by atoms with Crippen LogP contribution in [0.1, 0.15) is 5.56 Å². The first-order chi connectivity index (χ1) is 10.3. The molecule has 0 bridgehead atoms. The highest BCUT2D eigenvalue weighted by molar-refractivity contribution is 8.14. The Morgan fingerprint density at radius 1 is 1.27 bits per heavy atom. The third-order valence-corrected chi connectivity index (χ3v) is 7.03. The fourth-order valence-corrected chi connectivity index (χ4v) is 5.27. The molecule has 2 fully saturated rings. The van der Waals surface area contributed by atoms with Crippen LogP contribution >= 0.6 is 23.4 Å². The maximum Gasteiger partial charge on any atom is 0.289 e. The minimum atomic E-state index is -3.66. The van der Waals surface area contributed by atoms with E-state index in [0.717, 1.165) is 11.8 Å². The van der Waals surface area contributed by atoms with Crippen LogP contribution in [0, 0.1) is 6.92 Å². The van der Waals surface area contributed by atoms with Crippen molar-refractivity contribution in [3.8, 4) is 0 Å². The molecule has 2 aliphatic rings. The molecule has 118 valence electrons. The van der Waals surface area contributed by atoms with Crippen LogP contribution in [0.5, 0.6) is 0 Å². The highest BCUT2D eigenvalue weighted by Gasteiger charge is 2.46. The first-order valence-corrected chi connectivity index (χ1v) is 9.37. The summed E-state index contributed by atoms with van der Waals surface area (Å²) in [5.74, 6) is -0.119. The van der Waals surface area contributed by atoms with Gasteiger partial charge < -0.3 is 0 Å². The topological polar surface area (TPSA) is 74.8 Å². The van der Waals surface area contributed by atoms with Gasteiger partial charge in [0.1, 0.15) is 0 Å². The Balaban J connectivity index is 1.78. The van der Waals surface area contributed by atoms with Gasteiger partial charge in [0, 0.05) is 18.1 Å². The number of rotatable bonds is 3. The summed E-state index contributed by atoms with van der Waals surface area (Å²) < 4.78 is 26.4. The van der Waals surface area contributed by atoms with Crippen molar-refractivity contribution in [3.05, 3.63) is 28.8 Å². The zero-order chi connectivity index (χ0) is 16.1. The quantitative estimate of drug-likeness (QED) is 0.820. The third kappa shape index (κ3) is 2.44. The lowest BCUT2D eigenvalue weighted by Crippen LogP contribution is -2.61. The fraction of sp³-hybridized carbons (Fsp3) is 0.385. The van der Waals surface area contributed by atoms with Gasteiger partial charge in [-0.25, -0.2) is 8.42 Å². The zero-order valence-electron chi connectivity index (χ0n) is 11.7. The number of carbonyl (C=O) groups is 2. The normalized spacial score (nSPS) is 20.5. The molecule has 1 aromatic carbocycles. The molecule has 0 spiro atoms. The molecule has 0 radical (unpaired) electrons. The molecule has 2 amide bonds. The van der Waals surface area contributed by atoms with Crippen molar-refractivity contribution in [2.45, 2.75) is 17.9 Å². The highest BCUT2D eigenvalue weighted by Crippen LogP contribution is 2.31. The number of nitrogens with zero attached hydrogens (tertiary/aromatic N) is 2. The molecule has 0 aromatic heterocycles. The van der Waals surface area contributed by atoms with Gasteiger partial charge in [0.15, 0.2) is 0 Å². The van der Waals surface area contributed by atoms with Crippen LogP contribution in [0.25, 0.3) is 0 Å². The number of hydrogen-bond donors (Lipinski definition) is 0. The number of benzene rings is 1. The Morgan fingerprint density at radius 2 is 1.95 bits per heavy atom. The van der Waals surface area contributed by atoms with Crippen LogP contribution in [0.4, 0.5) is 4.79 Å². The number of amides is 2. The van der Waals surface area contributed by atoms with Crippen molar-refractivity contribution in [2.75, 3.05) is 18.8 Å². The smallest absolute Gasteiger partial charge is 0.273 e. The summed E-state index contributed by atoms with van der Waals surface area (Å²) in [6.07, 6.45) is 0. The molecule has 0 aliphatic carbocycles. The first kappa shape index (κ1) is 15.8. The Labute approximate surface area is 137 Å². The van der Waals surface area contributed by atoms with Gasteiger partial charge in [-0.3, -0.25) is 14.5 Å². The average molecular weight is 361 g/mol. The molecule has 6 nitrogen and oxygen atoms in total. The predicted octanol–water partition coefficient (Wildman–Crippen LogP) is 1.72. The first-order valence-electron chi connectivity index (χ1n) is 6.56. The molecule has 9 heteroatoms. The van der Waals surface area contributed by atoms with Crippen LogP contribution in [0.2, 0.25) is 5.02 Å². The highest BCUT2D eigenvalue weighted by atomic mass is 35.5. The van der Waals surface area contributed by atoms with Gasteiger partial charge in [-0.05, 0) is 24.6 Å². The van der Waals surface area contributed by atoms with E-state index in [-0.39, 0.29) is 40.9 Å². The summed E-state index contributed by atoms with van der Waals surface area (Å²) in [4.78, 5) is 24.6. The number of imide groups is 1. The number of carbonyl (C=O) groups excluding carboxylic acids is 2. The monoisotopic (exact) mass is 360 g/mol. The molecular formula is C13H13ClN2O4S2. The second kappa shape index (κ2) is 5.52. The van der Waals surface area contributed by atoms with Crippen LogP contribution in [0.3, 0.4) is 0 Å². The van der Waals surface area contributed by atoms with Gasteiger partial charge in [0.25, 0.3) is 5.24 Å². The summed E-state index contributed by atoms with van der Waals surface area (Å²) in [7, 11) is -3.66. The van der Waals surface area contributed by atoms with E-state index in [2.05, 4.69) is 0 Å². The standard InChI is InChI=1S/C13H13ClN2O4S2/c1-8-10(14)3-2-4-11(8)22(19,20)15-5-9(6-15)16-12(17)7-21-13(16)18/h2-4,9H,5-7H2,1H3. The number of hydrogen-bond acceptors (Lipinski definition) is 5. The van der Waals surface area contributed by atoms with Gasteiger partial charge in [-0.15, -0.1) is 0 Å². The molecule has 0 atom stereocenters. The van der Waals surface area contributed by atoms with Gasteiger partial charge in [0.05, 0.1) is 16.7 Å². The van der Waals surface area contributed by atoms with Crippen molar-refractivity contribution in [3.63, 3.8) is 0 Å². The Kier molecular flexibility index (Phi) is 3.96. The van der Waals surface area contributed by atoms with Gasteiger partial charge in [-0.1, -0.05) is 29.4 Å². The summed E-state index contributed by atoms with van der Waals surface area (Å²) >= 11 is 6.93. The van der Waals surface area contributed by atoms with E-state index >= 15 is 0 Å². The summed E-state index contributed by atoms with van der Waals surface area (Å²) in [5, 5.41) is 0.0884. The second-order valence-corrected chi connectivity index (χ2v) is 8.40. The fourth-order valence-electron chi connectivity index (χ4n) is 2.50. The lowest BCUT2D eigenvalue weighted by Gasteiger charge is -2.41. The van der Waals surface area contributed by atoms with Crippen LogP contribution in [-0.4, -0.2) is 53.7 Å². The molecular weight excluding hydrogens is 348 g/mol. The minimum Gasteiger partial charge on any atom is -0.273 e. The van der Waals surface area contributed by atoms with E-state index < -0.39 is 10.0 Å². The van der Waals surface area contributed by atoms with Crippen LogP contribution in [-0.2, 0) is 14.8 Å². The average Bonchev–Trinajstić information content (AvgIpc) is 2.72. The molecule has 0 saturated carbocycles. The second-order valence-electron chi connectivity index (χ2n) is 5.16. The number of halogens is 1. The van der Waals surface area contributed by atoms with E-state index in [1.54, 1.807) is 19.1 Å². The maximum atomic E-state index is 12.6. The molecule has 0 unspecified atom stereocenters. The van der Waals surface area contributed by atoms with Crippen molar-refractivity contribution in [2.24, 2.45) is 0 Å². The van der Waals surface area contributed by atoms with Crippen molar-refractivity contribution >= 4 is 44.5 Å². The third-order valence-electron chi connectivity index (χ3n) is 3.81. The van der Waals surface area contributed by atoms with E-state index in [4.69, 9.17) is 11.6 Å². The zero-order valence-corrected chi connectivity index (χ0v) is 14.0. The molecule has 3 rings (SSSR count). The predicted molar refractivity (Wildman–Crippen MR) is 83.4 cm³/mol. The van der Waals surface area contributed by atoms with Gasteiger partial charge in [-0.2, -0.15) is 4.31 Å². The molecule has 2 saturated heterocycles. The van der Waals surface area contributed by atoms with E-state index in [9.17, 15) is 18.0 Å². The molecule has 2 heterocycles. The largest absolute Gasteiger partial charge is 0.289 e. The van der Waals surface area contributed by atoms with E-state index in [1.807, 2.05) is 0 Å². The Bertz CT molecular complexity index is 743. The maximum absolute atomic E-state index is 12.6. The van der Waals surface area contributed by atoms with E-state index in [1.165, 1.54) is 15.3 Å². The van der Waals surface area contributed by atoms with Gasteiger partial charge in [0.2, 0.25) is 15.9 Å². The minimum absolute atomic E-state index is 0.131. The SMILES string of the molecule is Cc1c(Cl)cccc1S(=O)(=O)N1CC(N2C(=O)CSC2=O)C1. The number of thioether (sulfide) groups is 1. The molecule has 1 aromatic rings. The van der Waals surface area contributed by atoms with Crippen LogP contribution < -0.4 is 0 Å². The van der Waals surface area contributed by atoms with Crippen molar-refractivity contribution in [1.82, 2.24) is 9.21 Å². The van der Waals surface area contributed by atoms with Crippen LogP contribution in [0.15, 0.2) is 23.1 Å². The molecule has 22 heavy (non-hydrogen) atoms. The lowest BCUT2D eigenvalue weighted by atomic mass is 10.1. The summed E-state index contributed by atoms with van der Waals surface area (Å²) in [6, 6.07) is 4.35. The molecule has 2 aliphatic heterocycles. The lowest BCUT2D eigenvalue weighted by molar-refractivity contribution is -0.127. The number of sulfonamides is 1. The molecule has 0 N–H and O–H groups in total. The Morgan fingerprint density at radius 3 is 2.55 bits per heavy atom. The van der Waals surface area contributed by atoms with Crippen molar-refractivity contribution in [1.29, 1.82) is 0 Å². The Hall–Kier alpha value is -1.09. The summed E-state index contributed by atoms with van der Waals surface area (Å²) in [5.41, 5.74) is 0.497. The van der Waals surface area contributed by atoms with E-state index in [0.29, 0.717) is 10.6 Å². The van der Waals surface area contributed by atoms with Crippen molar-refractivity contribution < 1.29 is 18.0 Å². The summed E-state index contributed by atoms with van der Waals surface area (Å²) in [6.45, 7) is 1.91. The van der Waals surface area contributed by atoms with Gasteiger partial charge >= 0.3 is 0 Å².